The van der Waals surface area contributed by atoms with Gasteiger partial charge in [-0.15, -0.1) is 0 Å². The van der Waals surface area contributed by atoms with E-state index in [1.54, 1.807) is 0 Å². The second kappa shape index (κ2) is 2.23. The van der Waals surface area contributed by atoms with E-state index in [1.807, 2.05) is 0 Å². The molecule has 0 aliphatic heterocycles. The van der Waals surface area contributed by atoms with Crippen molar-refractivity contribution in [3.05, 3.63) is 0 Å². The molecule has 0 bridgehead atoms. The maximum absolute atomic E-state index is 10.0. The highest BCUT2D eigenvalue weighted by Crippen LogP contribution is 2.22. The van der Waals surface area contributed by atoms with Gasteiger partial charge >= 0.3 is 6.09 Å². The van der Waals surface area contributed by atoms with Crippen molar-refractivity contribution < 1.29 is 14.6 Å². The topological polar surface area (TPSA) is 72.6 Å². The van der Waals surface area contributed by atoms with Gasteiger partial charge in [0.05, 0.1) is 6.10 Å². The van der Waals surface area contributed by atoms with Gasteiger partial charge in [-0.3, -0.25) is 0 Å². The fourth-order valence-corrected chi connectivity index (χ4v) is 0.798. The van der Waals surface area contributed by atoms with Crippen LogP contribution in [0.2, 0.25) is 0 Å². The fraction of sp³-hybridized carbons (Fsp3) is 0.800. The standard InChI is InChI=1S/C5H9NO3/c6-5(8)9-4-1-3(7)2-4/h3-4,7H,1-2H2,(H2,6,8)/t3-,4+. The fourth-order valence-electron chi connectivity index (χ4n) is 0.798. The van der Waals surface area contributed by atoms with Gasteiger partial charge in [-0.25, -0.2) is 4.79 Å². The first-order valence-corrected chi connectivity index (χ1v) is 2.82. The van der Waals surface area contributed by atoms with E-state index < -0.39 is 6.09 Å². The summed E-state index contributed by atoms with van der Waals surface area (Å²) in [7, 11) is 0. The molecule has 1 aliphatic carbocycles. The molecule has 4 heteroatoms. The predicted octanol–water partition coefficient (Wildman–Crippen LogP) is -0.395. The maximum atomic E-state index is 10.0. The molecule has 9 heavy (non-hydrogen) atoms. The van der Waals surface area contributed by atoms with E-state index >= 15 is 0 Å². The van der Waals surface area contributed by atoms with Crippen molar-refractivity contribution in [2.45, 2.75) is 25.0 Å². The lowest BCUT2D eigenvalue weighted by atomic mass is 9.92. The predicted molar refractivity (Wildman–Crippen MR) is 29.7 cm³/mol. The molecule has 1 aliphatic rings. The summed E-state index contributed by atoms with van der Waals surface area (Å²) in [6.07, 6.45) is -0.134. The van der Waals surface area contributed by atoms with Crippen LogP contribution in [0.1, 0.15) is 12.8 Å². The quantitative estimate of drug-likeness (QED) is 0.508. The average Bonchev–Trinajstić information content (AvgIpc) is 1.60. The van der Waals surface area contributed by atoms with Crippen LogP contribution in [0.4, 0.5) is 4.79 Å². The number of ether oxygens (including phenoxy) is 1. The van der Waals surface area contributed by atoms with E-state index in [0.717, 1.165) is 0 Å². The largest absolute Gasteiger partial charge is 0.446 e. The number of carbonyl (C=O) groups excluding carboxylic acids is 1. The molecule has 0 saturated heterocycles. The number of amides is 1. The number of primary amides is 1. The molecular weight excluding hydrogens is 122 g/mol. The number of aliphatic hydroxyl groups excluding tert-OH is 1. The Morgan fingerprint density at radius 1 is 1.67 bits per heavy atom. The first kappa shape index (κ1) is 6.35. The number of carbonyl (C=O) groups is 1. The van der Waals surface area contributed by atoms with Crippen LogP contribution in [-0.2, 0) is 4.74 Å². The number of hydrogen-bond donors (Lipinski definition) is 2. The first-order valence-electron chi connectivity index (χ1n) is 2.82. The van der Waals surface area contributed by atoms with E-state index in [9.17, 15) is 4.79 Å². The molecule has 0 atom stereocenters. The van der Waals surface area contributed by atoms with Crippen LogP contribution >= 0.6 is 0 Å². The molecule has 1 fully saturated rings. The van der Waals surface area contributed by atoms with Gasteiger partial charge in [0.15, 0.2) is 0 Å². The second-order valence-corrected chi connectivity index (χ2v) is 2.18. The highest BCUT2D eigenvalue weighted by Gasteiger charge is 2.29. The monoisotopic (exact) mass is 131 g/mol. The van der Waals surface area contributed by atoms with Crippen molar-refractivity contribution in [2.24, 2.45) is 5.73 Å². The summed E-state index contributed by atoms with van der Waals surface area (Å²) in [5.74, 6) is 0. The van der Waals surface area contributed by atoms with Crippen LogP contribution in [0, 0.1) is 0 Å². The number of hydrogen-bond acceptors (Lipinski definition) is 3. The molecule has 1 amide bonds. The van der Waals surface area contributed by atoms with Crippen LogP contribution in [0.5, 0.6) is 0 Å². The molecule has 0 heterocycles. The third-order valence-electron chi connectivity index (χ3n) is 1.35. The molecule has 1 saturated carbocycles. The van der Waals surface area contributed by atoms with Crippen molar-refractivity contribution in [3.63, 3.8) is 0 Å². The zero-order valence-electron chi connectivity index (χ0n) is 4.91. The average molecular weight is 131 g/mol. The Hall–Kier alpha value is -0.770. The second-order valence-electron chi connectivity index (χ2n) is 2.18. The lowest BCUT2D eigenvalue weighted by Crippen LogP contribution is -2.38. The molecule has 4 nitrogen and oxygen atoms in total. The molecule has 0 aromatic heterocycles. The lowest BCUT2D eigenvalue weighted by molar-refractivity contribution is -0.0321. The van der Waals surface area contributed by atoms with E-state index in [2.05, 4.69) is 4.74 Å². The molecule has 0 radical (unpaired) electrons. The Balaban J connectivity index is 2.11. The normalized spacial score (nSPS) is 33.0. The molecule has 52 valence electrons. The molecule has 0 spiro atoms. The van der Waals surface area contributed by atoms with Crippen molar-refractivity contribution >= 4 is 6.09 Å². The van der Waals surface area contributed by atoms with E-state index in [-0.39, 0.29) is 12.2 Å². The summed E-state index contributed by atoms with van der Waals surface area (Å²) in [5, 5.41) is 8.70. The van der Waals surface area contributed by atoms with Gasteiger partial charge in [-0.05, 0) is 0 Å². The molecule has 0 unspecified atom stereocenters. The summed E-state index contributed by atoms with van der Waals surface area (Å²) in [6, 6.07) is 0. The summed E-state index contributed by atoms with van der Waals surface area (Å²) in [6.45, 7) is 0. The zero-order valence-corrected chi connectivity index (χ0v) is 4.91. The van der Waals surface area contributed by atoms with Gasteiger partial charge in [-0.2, -0.15) is 0 Å². The Morgan fingerprint density at radius 3 is 2.56 bits per heavy atom. The number of nitrogens with two attached hydrogens (primary N) is 1. The van der Waals surface area contributed by atoms with E-state index in [1.165, 1.54) is 0 Å². The Bertz CT molecular complexity index is 119. The smallest absolute Gasteiger partial charge is 0.404 e. The van der Waals surface area contributed by atoms with Gasteiger partial charge in [0.2, 0.25) is 0 Å². The summed E-state index contributed by atoms with van der Waals surface area (Å²) >= 11 is 0. The van der Waals surface area contributed by atoms with Gasteiger partial charge in [0.25, 0.3) is 0 Å². The molecular formula is C5H9NO3. The highest BCUT2D eigenvalue weighted by molar-refractivity contribution is 5.64. The Kier molecular flexibility index (Phi) is 1.57. The zero-order chi connectivity index (χ0) is 6.85. The van der Waals surface area contributed by atoms with E-state index in [0.29, 0.717) is 12.8 Å². The summed E-state index contributed by atoms with van der Waals surface area (Å²) < 4.78 is 4.54. The molecule has 1 rings (SSSR count). The van der Waals surface area contributed by atoms with Gasteiger partial charge in [-0.1, -0.05) is 0 Å². The lowest BCUT2D eigenvalue weighted by Gasteiger charge is -2.29. The van der Waals surface area contributed by atoms with Gasteiger partial charge in [0, 0.05) is 12.8 Å². The van der Waals surface area contributed by atoms with Crippen LogP contribution < -0.4 is 5.73 Å². The van der Waals surface area contributed by atoms with Crippen LogP contribution in [0.3, 0.4) is 0 Å². The van der Waals surface area contributed by atoms with Crippen molar-refractivity contribution in [2.75, 3.05) is 0 Å². The summed E-state index contributed by atoms with van der Waals surface area (Å²) in [5.41, 5.74) is 4.71. The van der Waals surface area contributed by atoms with Crippen molar-refractivity contribution in [3.8, 4) is 0 Å². The minimum Gasteiger partial charge on any atom is -0.446 e. The molecule has 0 aromatic carbocycles. The van der Waals surface area contributed by atoms with Crippen LogP contribution in [0.15, 0.2) is 0 Å². The Morgan fingerprint density at radius 2 is 2.22 bits per heavy atom. The van der Waals surface area contributed by atoms with Crippen LogP contribution in [0.25, 0.3) is 0 Å². The van der Waals surface area contributed by atoms with Gasteiger partial charge < -0.3 is 15.6 Å². The minimum atomic E-state index is -0.758. The van der Waals surface area contributed by atoms with Crippen molar-refractivity contribution in [1.82, 2.24) is 0 Å². The van der Waals surface area contributed by atoms with E-state index in [4.69, 9.17) is 10.8 Å². The minimum absolute atomic E-state index is 0.141. The third kappa shape index (κ3) is 1.57. The maximum Gasteiger partial charge on any atom is 0.404 e. The van der Waals surface area contributed by atoms with Gasteiger partial charge in [0.1, 0.15) is 6.10 Å². The molecule has 3 N–H and O–H groups in total. The first-order chi connectivity index (χ1) is 4.18. The molecule has 0 aromatic rings. The Labute approximate surface area is 52.6 Å². The highest BCUT2D eigenvalue weighted by atomic mass is 16.6. The van der Waals surface area contributed by atoms with Crippen LogP contribution in [-0.4, -0.2) is 23.4 Å². The number of aliphatic hydroxyl groups is 1. The SMILES string of the molecule is NC(=O)O[C@H]1C[C@@H](O)C1. The number of rotatable bonds is 1. The third-order valence-corrected chi connectivity index (χ3v) is 1.35. The summed E-state index contributed by atoms with van der Waals surface area (Å²) in [4.78, 5) is 10.0. The van der Waals surface area contributed by atoms with Crippen molar-refractivity contribution in [1.29, 1.82) is 0 Å².